The lowest BCUT2D eigenvalue weighted by molar-refractivity contribution is 0.575. The smallest absolute Gasteiger partial charge is 0.293 e. The van der Waals surface area contributed by atoms with Gasteiger partial charge in [0, 0.05) is 30.5 Å². The van der Waals surface area contributed by atoms with Crippen molar-refractivity contribution in [3.63, 3.8) is 0 Å². The second-order valence-corrected chi connectivity index (χ2v) is 4.24. The molecule has 0 aromatic carbocycles. The molecule has 0 saturated heterocycles. The van der Waals surface area contributed by atoms with E-state index in [1.807, 2.05) is 13.8 Å². The van der Waals surface area contributed by atoms with Crippen molar-refractivity contribution in [2.75, 3.05) is 11.1 Å². The molecule has 0 saturated carbocycles. The third-order valence-corrected chi connectivity index (χ3v) is 2.62. The Balaban J connectivity index is 2.18. The van der Waals surface area contributed by atoms with E-state index in [0.29, 0.717) is 18.2 Å². The molecule has 0 unspecified atom stereocenters. The number of rotatable bonds is 4. The molecule has 0 bridgehead atoms. The average Bonchev–Trinajstić information content (AvgIpc) is 2.73. The Bertz CT molecular complexity index is 585. The molecule has 0 aliphatic heterocycles. The predicted octanol–water partition coefficient (Wildman–Crippen LogP) is 0.742. The van der Waals surface area contributed by atoms with E-state index >= 15 is 0 Å². The number of nitrogen functional groups attached to an aromatic ring is 1. The molecule has 0 atom stereocenters. The highest BCUT2D eigenvalue weighted by Crippen LogP contribution is 2.08. The fraction of sp³-hybridized carbons (Fsp3) is 0.364. The highest BCUT2D eigenvalue weighted by atomic mass is 16.1. The number of aromatic amines is 1. The van der Waals surface area contributed by atoms with Gasteiger partial charge in [0.25, 0.3) is 5.56 Å². The maximum Gasteiger partial charge on any atom is 0.293 e. The summed E-state index contributed by atoms with van der Waals surface area (Å²) in [5.41, 5.74) is 6.32. The molecule has 0 radical (unpaired) electrons. The predicted molar refractivity (Wildman–Crippen MR) is 69.2 cm³/mol. The molecule has 18 heavy (non-hydrogen) atoms. The second-order valence-electron chi connectivity index (χ2n) is 4.24. The SMILES string of the molecule is CC(C)n1ccnc(NCc2cn[nH]c2N)c1=O. The second kappa shape index (κ2) is 4.91. The monoisotopic (exact) mass is 248 g/mol. The van der Waals surface area contributed by atoms with Crippen molar-refractivity contribution in [3.8, 4) is 0 Å². The minimum Gasteiger partial charge on any atom is -0.384 e. The highest BCUT2D eigenvalue weighted by molar-refractivity contribution is 5.40. The van der Waals surface area contributed by atoms with Crippen LogP contribution in [0.1, 0.15) is 25.5 Å². The number of nitrogens with zero attached hydrogens (tertiary/aromatic N) is 3. The lowest BCUT2D eigenvalue weighted by Gasteiger charge is -2.11. The van der Waals surface area contributed by atoms with E-state index in [9.17, 15) is 4.79 Å². The number of aromatic nitrogens is 4. The van der Waals surface area contributed by atoms with E-state index < -0.39 is 0 Å². The number of anilines is 2. The van der Waals surface area contributed by atoms with Crippen molar-refractivity contribution >= 4 is 11.6 Å². The first kappa shape index (κ1) is 12.2. The third kappa shape index (κ3) is 2.34. The molecule has 0 aliphatic rings. The zero-order valence-corrected chi connectivity index (χ0v) is 10.3. The molecule has 2 aromatic rings. The molecule has 96 valence electrons. The Labute approximate surface area is 104 Å². The lowest BCUT2D eigenvalue weighted by Crippen LogP contribution is -2.25. The van der Waals surface area contributed by atoms with Gasteiger partial charge in [-0.3, -0.25) is 9.89 Å². The molecule has 4 N–H and O–H groups in total. The molecule has 0 fully saturated rings. The summed E-state index contributed by atoms with van der Waals surface area (Å²) in [6.45, 7) is 4.30. The fourth-order valence-corrected chi connectivity index (χ4v) is 1.59. The number of hydrogen-bond acceptors (Lipinski definition) is 5. The zero-order valence-electron chi connectivity index (χ0n) is 10.3. The summed E-state index contributed by atoms with van der Waals surface area (Å²) in [5.74, 6) is 0.800. The van der Waals surface area contributed by atoms with Crippen LogP contribution in [0.2, 0.25) is 0 Å². The van der Waals surface area contributed by atoms with Gasteiger partial charge in [0.05, 0.1) is 6.20 Å². The summed E-state index contributed by atoms with van der Waals surface area (Å²) >= 11 is 0. The quantitative estimate of drug-likeness (QED) is 0.740. The van der Waals surface area contributed by atoms with E-state index in [0.717, 1.165) is 5.56 Å². The number of nitrogens with one attached hydrogen (secondary N) is 2. The summed E-state index contributed by atoms with van der Waals surface area (Å²) in [6, 6.07) is 0.0973. The van der Waals surface area contributed by atoms with Crippen molar-refractivity contribution < 1.29 is 0 Å². The normalized spacial score (nSPS) is 10.8. The van der Waals surface area contributed by atoms with Gasteiger partial charge in [0.15, 0.2) is 5.82 Å². The summed E-state index contributed by atoms with van der Waals surface area (Å²) < 4.78 is 1.62. The molecule has 2 rings (SSSR count). The van der Waals surface area contributed by atoms with Crippen molar-refractivity contribution in [1.29, 1.82) is 0 Å². The first-order chi connectivity index (χ1) is 8.59. The minimum absolute atomic E-state index is 0.0973. The summed E-state index contributed by atoms with van der Waals surface area (Å²) in [6.07, 6.45) is 4.89. The van der Waals surface area contributed by atoms with Crippen LogP contribution < -0.4 is 16.6 Å². The minimum atomic E-state index is -0.144. The standard InChI is InChI=1S/C11H16N6O/c1-7(2)17-4-3-13-10(11(17)18)14-5-8-6-15-16-9(8)12/h3-4,6-7H,5H2,1-2H3,(H,13,14)(H3,12,15,16). The molecule has 7 heteroatoms. The van der Waals surface area contributed by atoms with Gasteiger partial charge in [0.1, 0.15) is 5.82 Å². The fourth-order valence-electron chi connectivity index (χ4n) is 1.59. The van der Waals surface area contributed by atoms with Crippen LogP contribution in [-0.4, -0.2) is 19.7 Å². The van der Waals surface area contributed by atoms with E-state index in [1.54, 1.807) is 23.2 Å². The largest absolute Gasteiger partial charge is 0.384 e. The van der Waals surface area contributed by atoms with Crippen LogP contribution in [-0.2, 0) is 6.54 Å². The van der Waals surface area contributed by atoms with Crippen LogP contribution in [0.3, 0.4) is 0 Å². The lowest BCUT2D eigenvalue weighted by atomic mass is 10.3. The molecular formula is C11H16N6O. The van der Waals surface area contributed by atoms with Gasteiger partial charge in [-0.1, -0.05) is 0 Å². The summed E-state index contributed by atoms with van der Waals surface area (Å²) in [5, 5.41) is 9.41. The van der Waals surface area contributed by atoms with Crippen LogP contribution >= 0.6 is 0 Å². The van der Waals surface area contributed by atoms with Gasteiger partial charge in [-0.2, -0.15) is 5.10 Å². The highest BCUT2D eigenvalue weighted by Gasteiger charge is 2.08. The molecule has 0 spiro atoms. The van der Waals surface area contributed by atoms with Crippen molar-refractivity contribution in [2.24, 2.45) is 0 Å². The number of nitrogens with two attached hydrogens (primary N) is 1. The number of hydrogen-bond donors (Lipinski definition) is 3. The van der Waals surface area contributed by atoms with Gasteiger partial charge >= 0.3 is 0 Å². The van der Waals surface area contributed by atoms with Gasteiger partial charge in [0.2, 0.25) is 0 Å². The Hall–Kier alpha value is -2.31. The third-order valence-electron chi connectivity index (χ3n) is 2.62. The molecule has 0 amide bonds. The van der Waals surface area contributed by atoms with Crippen LogP contribution in [0, 0.1) is 0 Å². The van der Waals surface area contributed by atoms with E-state index in [4.69, 9.17) is 5.73 Å². The molecule has 2 heterocycles. The topological polar surface area (TPSA) is 102 Å². The first-order valence-electron chi connectivity index (χ1n) is 5.68. The molecule has 7 nitrogen and oxygen atoms in total. The Morgan fingerprint density at radius 2 is 2.33 bits per heavy atom. The maximum absolute atomic E-state index is 12.0. The summed E-state index contributed by atoms with van der Waals surface area (Å²) in [7, 11) is 0. The van der Waals surface area contributed by atoms with Crippen LogP contribution in [0.4, 0.5) is 11.6 Å². The van der Waals surface area contributed by atoms with Crippen LogP contribution in [0.15, 0.2) is 23.4 Å². The van der Waals surface area contributed by atoms with Gasteiger partial charge in [-0.05, 0) is 13.8 Å². The Morgan fingerprint density at radius 3 is 2.94 bits per heavy atom. The van der Waals surface area contributed by atoms with E-state index in [2.05, 4.69) is 20.5 Å². The Kier molecular flexibility index (Phi) is 3.31. The van der Waals surface area contributed by atoms with Crippen LogP contribution in [0.5, 0.6) is 0 Å². The van der Waals surface area contributed by atoms with Crippen molar-refractivity contribution in [2.45, 2.75) is 26.4 Å². The van der Waals surface area contributed by atoms with Gasteiger partial charge in [-0.15, -0.1) is 0 Å². The maximum atomic E-state index is 12.0. The number of H-pyrrole nitrogens is 1. The zero-order chi connectivity index (χ0) is 13.1. The van der Waals surface area contributed by atoms with Crippen molar-refractivity contribution in [1.82, 2.24) is 19.7 Å². The van der Waals surface area contributed by atoms with Crippen molar-refractivity contribution in [3.05, 3.63) is 34.5 Å². The molecule has 2 aromatic heterocycles. The molecular weight excluding hydrogens is 232 g/mol. The van der Waals surface area contributed by atoms with Gasteiger partial charge < -0.3 is 15.6 Å². The van der Waals surface area contributed by atoms with E-state index in [-0.39, 0.29) is 11.6 Å². The Morgan fingerprint density at radius 1 is 1.56 bits per heavy atom. The first-order valence-corrected chi connectivity index (χ1v) is 5.68. The van der Waals surface area contributed by atoms with E-state index in [1.165, 1.54) is 0 Å². The molecule has 0 aliphatic carbocycles. The average molecular weight is 248 g/mol. The van der Waals surface area contributed by atoms with Crippen LogP contribution in [0.25, 0.3) is 0 Å². The summed E-state index contributed by atoms with van der Waals surface area (Å²) in [4.78, 5) is 16.1. The van der Waals surface area contributed by atoms with Gasteiger partial charge in [-0.25, -0.2) is 4.98 Å².